The summed E-state index contributed by atoms with van der Waals surface area (Å²) in [6.07, 6.45) is 11.8. The summed E-state index contributed by atoms with van der Waals surface area (Å²) in [5, 5.41) is 11.9. The van der Waals surface area contributed by atoms with Crippen molar-refractivity contribution in [2.45, 2.75) is 63.6 Å². The maximum atomic E-state index is 12.9. The number of carbonyl (C=O) groups excluding carboxylic acids is 2. The average Bonchev–Trinajstić information content (AvgIpc) is 3.43. The third-order valence-corrected chi connectivity index (χ3v) is 8.13. The number of carbonyl (C=O) groups is 2. The summed E-state index contributed by atoms with van der Waals surface area (Å²) in [6, 6.07) is 10.4. The molecule has 4 aromatic rings. The normalized spacial score (nSPS) is 21.4. The van der Waals surface area contributed by atoms with Crippen LogP contribution >= 0.6 is 0 Å². The number of rotatable bonds is 3. The van der Waals surface area contributed by atoms with E-state index in [1.165, 1.54) is 12.3 Å². The van der Waals surface area contributed by atoms with E-state index in [1.54, 1.807) is 24.4 Å². The van der Waals surface area contributed by atoms with Gasteiger partial charge in [-0.2, -0.15) is 5.10 Å². The molecule has 44 heavy (non-hydrogen) atoms. The topological polar surface area (TPSA) is 141 Å². The van der Waals surface area contributed by atoms with Crippen LogP contribution in [0.5, 0.6) is 0 Å². The summed E-state index contributed by atoms with van der Waals surface area (Å²) in [7, 11) is 0. The second-order valence-corrected chi connectivity index (χ2v) is 11.3. The Morgan fingerprint density at radius 2 is 2.05 bits per heavy atom. The van der Waals surface area contributed by atoms with Crippen molar-refractivity contribution >= 4 is 46.1 Å². The molecule has 0 saturated heterocycles. The molecule has 0 radical (unpaired) electrons. The Hall–Kier alpha value is -5.08. The number of nitrogens with zero attached hydrogens (tertiary/aromatic N) is 5. The van der Waals surface area contributed by atoms with E-state index in [9.17, 15) is 9.59 Å². The van der Waals surface area contributed by atoms with Crippen LogP contribution in [0.3, 0.4) is 0 Å². The smallest absolute Gasteiger partial charge is 0.256 e. The van der Waals surface area contributed by atoms with Crippen LogP contribution in [-0.4, -0.2) is 50.3 Å². The monoisotopic (exact) mass is 590 g/mol. The Balaban J connectivity index is 1.37. The lowest BCUT2D eigenvalue weighted by atomic mass is 9.90. The van der Waals surface area contributed by atoms with Gasteiger partial charge in [0.25, 0.3) is 5.91 Å². The van der Waals surface area contributed by atoms with Gasteiger partial charge in [0.1, 0.15) is 17.3 Å². The first-order chi connectivity index (χ1) is 21.4. The summed E-state index contributed by atoms with van der Waals surface area (Å²) < 4.78 is 7.94. The van der Waals surface area contributed by atoms with E-state index >= 15 is 0 Å². The Labute approximate surface area is 255 Å². The van der Waals surface area contributed by atoms with E-state index in [0.29, 0.717) is 48.0 Å². The molecule has 1 fully saturated rings. The van der Waals surface area contributed by atoms with Crippen molar-refractivity contribution in [2.75, 3.05) is 17.7 Å². The number of nitrogens with one attached hydrogen (secondary N) is 2. The molecule has 4 heterocycles. The molecule has 2 aliphatic rings. The lowest BCUT2D eigenvalue weighted by Crippen LogP contribution is -2.40. The maximum Gasteiger partial charge on any atom is 0.256 e. The van der Waals surface area contributed by atoms with Gasteiger partial charge >= 0.3 is 0 Å². The molecule has 4 N–H and O–H groups in total. The molecule has 11 heteroatoms. The van der Waals surface area contributed by atoms with Crippen molar-refractivity contribution in [3.63, 3.8) is 0 Å². The number of fused-ring (bicyclic) bond motifs is 3. The Morgan fingerprint density at radius 3 is 2.86 bits per heavy atom. The van der Waals surface area contributed by atoms with Crippen molar-refractivity contribution in [3.8, 4) is 11.3 Å². The number of ether oxygens (including phenoxy) is 1. The molecule has 3 aromatic heterocycles. The molecule has 1 saturated carbocycles. The summed E-state index contributed by atoms with van der Waals surface area (Å²) in [6.45, 7) is 9.62. The minimum absolute atomic E-state index is 0.00714. The molecule has 2 bridgehead atoms. The van der Waals surface area contributed by atoms with Gasteiger partial charge < -0.3 is 21.1 Å². The molecule has 11 nitrogen and oxygen atoms in total. The van der Waals surface area contributed by atoms with Crippen molar-refractivity contribution in [3.05, 3.63) is 77.4 Å². The van der Waals surface area contributed by atoms with Gasteiger partial charge in [-0.15, -0.1) is 0 Å². The fourth-order valence-corrected chi connectivity index (χ4v) is 6.00. The molecule has 1 aliphatic carbocycles. The zero-order valence-corrected chi connectivity index (χ0v) is 24.5. The first-order valence-electron chi connectivity index (χ1n) is 14.9. The lowest BCUT2D eigenvalue weighted by Gasteiger charge is -2.31. The van der Waals surface area contributed by atoms with Gasteiger partial charge in [0.05, 0.1) is 42.6 Å². The highest BCUT2D eigenvalue weighted by atomic mass is 16.5. The van der Waals surface area contributed by atoms with Gasteiger partial charge in [-0.3, -0.25) is 14.3 Å². The van der Waals surface area contributed by atoms with Gasteiger partial charge in [-0.1, -0.05) is 24.3 Å². The molecular weight excluding hydrogens is 556 g/mol. The van der Waals surface area contributed by atoms with E-state index < -0.39 is 0 Å². The van der Waals surface area contributed by atoms with E-state index in [2.05, 4.69) is 36.2 Å². The highest BCUT2D eigenvalue weighted by Gasteiger charge is 2.29. The quantitative estimate of drug-likeness (QED) is 0.260. The van der Waals surface area contributed by atoms with Crippen LogP contribution in [-0.2, 0) is 9.53 Å². The average molecular weight is 591 g/mol. The van der Waals surface area contributed by atoms with Crippen LogP contribution in [0.25, 0.3) is 33.1 Å². The number of nitrogen functional groups attached to an aromatic ring is 1. The Morgan fingerprint density at radius 1 is 1.20 bits per heavy atom. The van der Waals surface area contributed by atoms with Crippen LogP contribution in [0.15, 0.2) is 54.9 Å². The minimum atomic E-state index is -0.336. The third kappa shape index (κ3) is 6.16. The predicted molar refractivity (Wildman–Crippen MR) is 169 cm³/mol. The molecule has 1 aromatic carbocycles. The SMILES string of the molecule is [C-]#[N+]c1ccnc(NC(=O)c2ccc(-c3nn4c5c(cnc(N)c35)/C=C/CCO[C@H](C)CC(=O)N[C@@H]3CCC[C@@H]4C3)cc2)c1. The first kappa shape index (κ1) is 29.0. The van der Waals surface area contributed by atoms with Gasteiger partial charge in [-0.05, 0) is 63.3 Å². The minimum Gasteiger partial charge on any atom is -0.383 e. The molecule has 1 aliphatic heterocycles. The number of aromatic nitrogens is 4. The van der Waals surface area contributed by atoms with Crippen LogP contribution < -0.4 is 16.4 Å². The number of hydrogen-bond acceptors (Lipinski definition) is 7. The van der Waals surface area contributed by atoms with Crippen molar-refractivity contribution in [1.29, 1.82) is 0 Å². The zero-order chi connectivity index (χ0) is 30.6. The zero-order valence-electron chi connectivity index (χ0n) is 24.5. The summed E-state index contributed by atoms with van der Waals surface area (Å²) in [5.74, 6) is 0.359. The van der Waals surface area contributed by atoms with E-state index in [1.807, 2.05) is 25.1 Å². The Bertz CT molecular complexity index is 1770. The molecule has 3 atom stereocenters. The number of nitrogens with two attached hydrogens (primary N) is 1. The third-order valence-electron chi connectivity index (χ3n) is 8.13. The second-order valence-electron chi connectivity index (χ2n) is 11.3. The van der Waals surface area contributed by atoms with Crippen molar-refractivity contribution in [1.82, 2.24) is 25.1 Å². The fourth-order valence-electron chi connectivity index (χ4n) is 6.00. The van der Waals surface area contributed by atoms with Gasteiger partial charge in [-0.25, -0.2) is 14.8 Å². The second kappa shape index (κ2) is 12.7. The van der Waals surface area contributed by atoms with Gasteiger partial charge in [0, 0.05) is 35.1 Å². The number of hydrogen-bond donors (Lipinski definition) is 3. The van der Waals surface area contributed by atoms with Gasteiger partial charge in [0.15, 0.2) is 5.69 Å². The highest BCUT2D eigenvalue weighted by Crippen LogP contribution is 2.39. The molecule has 6 rings (SSSR count). The molecule has 0 unspecified atom stereocenters. The molecule has 0 spiro atoms. The summed E-state index contributed by atoms with van der Waals surface area (Å²) in [5.41, 5.74) is 10.7. The number of anilines is 2. The van der Waals surface area contributed by atoms with Gasteiger partial charge in [0.2, 0.25) is 5.91 Å². The van der Waals surface area contributed by atoms with Crippen LogP contribution in [0.1, 0.15) is 67.4 Å². The molecule has 2 amide bonds. The van der Waals surface area contributed by atoms with Crippen LogP contribution in [0, 0.1) is 6.57 Å². The standard InChI is InChI=1S/C33H34N8O3/c1-20-16-28(42)38-25-7-5-8-26(17-25)41-31-23(6-3-4-15-44-20)19-37-32(34)29(31)30(40-41)21-9-11-22(12-10-21)33(43)39-27-18-24(35-2)13-14-36-27/h3,6,9-14,18-20,25-26H,4-5,7-8,15-17H2,1H3,(H2,34,37)(H,38,42)(H,36,39,43)/b6-3+/t20-,25-,26-/m1/s1. The molecule has 224 valence electrons. The lowest BCUT2D eigenvalue weighted by molar-refractivity contribution is -0.124. The number of pyridine rings is 2. The molecular formula is C33H34N8O3. The Kier molecular flexibility index (Phi) is 8.34. The van der Waals surface area contributed by atoms with Crippen LogP contribution in [0.4, 0.5) is 17.3 Å². The summed E-state index contributed by atoms with van der Waals surface area (Å²) in [4.78, 5) is 37.7. The first-order valence-corrected chi connectivity index (χ1v) is 14.9. The summed E-state index contributed by atoms with van der Waals surface area (Å²) >= 11 is 0. The van der Waals surface area contributed by atoms with E-state index in [4.69, 9.17) is 22.1 Å². The largest absolute Gasteiger partial charge is 0.383 e. The van der Waals surface area contributed by atoms with Crippen LogP contribution in [0.2, 0.25) is 0 Å². The number of amides is 2. The fraction of sp³-hybridized carbons (Fsp3) is 0.333. The van der Waals surface area contributed by atoms with E-state index in [0.717, 1.165) is 47.7 Å². The van der Waals surface area contributed by atoms with E-state index in [-0.39, 0.29) is 30.0 Å². The maximum absolute atomic E-state index is 12.9. The number of benzene rings is 1. The highest BCUT2D eigenvalue weighted by molar-refractivity contribution is 6.06. The van der Waals surface area contributed by atoms with Crippen molar-refractivity contribution in [2.24, 2.45) is 0 Å². The van der Waals surface area contributed by atoms with Crippen molar-refractivity contribution < 1.29 is 14.3 Å². The predicted octanol–water partition coefficient (Wildman–Crippen LogP) is 5.69.